The van der Waals surface area contributed by atoms with Crippen molar-refractivity contribution in [1.82, 2.24) is 10.9 Å². The number of nitrogens with two attached hydrogens (primary N) is 1. The van der Waals surface area contributed by atoms with Crippen LogP contribution in [0.25, 0.3) is 0 Å². The number of hydrogen-bond donors (Lipinski definition) is 3. The van der Waals surface area contributed by atoms with E-state index in [2.05, 4.69) is 21.9 Å². The molecule has 0 atom stereocenters. The Labute approximate surface area is 101 Å². The van der Waals surface area contributed by atoms with Gasteiger partial charge in [0.05, 0.1) is 5.54 Å². The molecule has 0 aliphatic carbocycles. The first-order chi connectivity index (χ1) is 7.35. The maximum atomic E-state index is 9.07. The second-order valence-electron chi connectivity index (χ2n) is 4.07. The normalized spacial score (nSPS) is 14.1. The molecule has 0 aromatic rings. The molecule has 0 aromatic carbocycles. The Bertz CT molecular complexity index is 332. The molecule has 0 rings (SSSR count). The van der Waals surface area contributed by atoms with Crippen molar-refractivity contribution >= 4 is 16.8 Å². The number of thioether (sulfide) groups is 1. The molecule has 16 heavy (non-hydrogen) atoms. The lowest BCUT2D eigenvalue weighted by Crippen LogP contribution is -2.33. The Morgan fingerprint density at radius 2 is 2.00 bits per heavy atom. The molecule has 0 saturated heterocycles. The molecule has 0 fully saturated rings. The SMILES string of the molecule is CNN/C(N)=C(C#N)\C(=N/C(C)(C)C)SC. The minimum atomic E-state index is -0.236. The Hall–Kier alpha value is -1.19. The average molecular weight is 241 g/mol. The predicted octanol–water partition coefficient (Wildman–Crippen LogP) is 0.964. The largest absolute Gasteiger partial charge is 0.383 e. The Morgan fingerprint density at radius 1 is 1.44 bits per heavy atom. The minimum absolute atomic E-state index is 0.236. The van der Waals surface area contributed by atoms with Crippen LogP contribution in [0.3, 0.4) is 0 Å². The highest BCUT2D eigenvalue weighted by Gasteiger charge is 2.15. The van der Waals surface area contributed by atoms with E-state index in [1.165, 1.54) is 11.8 Å². The first-order valence-corrected chi connectivity index (χ1v) is 6.05. The topological polar surface area (TPSA) is 86.2 Å². The smallest absolute Gasteiger partial charge is 0.132 e. The van der Waals surface area contributed by atoms with Crippen LogP contribution >= 0.6 is 11.8 Å². The Morgan fingerprint density at radius 3 is 2.31 bits per heavy atom. The van der Waals surface area contributed by atoms with Crippen LogP contribution in [0.1, 0.15) is 20.8 Å². The zero-order valence-electron chi connectivity index (χ0n) is 10.4. The van der Waals surface area contributed by atoms with Crippen molar-refractivity contribution in [3.8, 4) is 6.07 Å². The summed E-state index contributed by atoms with van der Waals surface area (Å²) in [7, 11) is 1.68. The van der Waals surface area contributed by atoms with Crippen LogP contribution in [0, 0.1) is 11.3 Å². The van der Waals surface area contributed by atoms with Crippen molar-refractivity contribution in [2.75, 3.05) is 13.3 Å². The lowest BCUT2D eigenvalue weighted by Gasteiger charge is -2.15. The molecule has 4 N–H and O–H groups in total. The third kappa shape index (κ3) is 5.05. The molecule has 0 saturated carbocycles. The molecule has 6 heteroatoms. The van der Waals surface area contributed by atoms with Crippen LogP contribution < -0.4 is 16.6 Å². The molecule has 0 radical (unpaired) electrons. The molecule has 90 valence electrons. The first kappa shape index (κ1) is 14.8. The third-order valence-electron chi connectivity index (χ3n) is 1.48. The van der Waals surface area contributed by atoms with E-state index in [0.717, 1.165) is 0 Å². The van der Waals surface area contributed by atoms with Crippen LogP contribution in [-0.2, 0) is 0 Å². The van der Waals surface area contributed by atoms with E-state index >= 15 is 0 Å². The summed E-state index contributed by atoms with van der Waals surface area (Å²) in [6.45, 7) is 5.92. The summed E-state index contributed by atoms with van der Waals surface area (Å²) in [6.07, 6.45) is 1.87. The summed E-state index contributed by atoms with van der Waals surface area (Å²) in [5.41, 5.74) is 11.2. The van der Waals surface area contributed by atoms with Gasteiger partial charge in [-0.1, -0.05) is 0 Å². The quantitative estimate of drug-likeness (QED) is 0.296. The minimum Gasteiger partial charge on any atom is -0.383 e. The van der Waals surface area contributed by atoms with E-state index in [1.54, 1.807) is 7.05 Å². The van der Waals surface area contributed by atoms with Crippen molar-refractivity contribution in [3.63, 3.8) is 0 Å². The molecule has 0 aliphatic rings. The maximum Gasteiger partial charge on any atom is 0.132 e. The summed E-state index contributed by atoms with van der Waals surface area (Å²) >= 11 is 1.41. The monoisotopic (exact) mass is 241 g/mol. The fourth-order valence-corrected chi connectivity index (χ4v) is 1.65. The maximum absolute atomic E-state index is 9.07. The molecule has 0 aromatic heterocycles. The molecule has 0 unspecified atom stereocenters. The van der Waals surface area contributed by atoms with Crippen LogP contribution in [0.5, 0.6) is 0 Å². The van der Waals surface area contributed by atoms with Crippen molar-refractivity contribution in [3.05, 3.63) is 11.4 Å². The number of hydrazine groups is 1. The average Bonchev–Trinajstić information content (AvgIpc) is 2.16. The van der Waals surface area contributed by atoms with Crippen molar-refractivity contribution < 1.29 is 0 Å². The second-order valence-corrected chi connectivity index (χ2v) is 4.86. The molecule has 0 spiro atoms. The molecular formula is C10H19N5S. The summed E-state index contributed by atoms with van der Waals surface area (Å²) in [6, 6.07) is 2.06. The van der Waals surface area contributed by atoms with Crippen molar-refractivity contribution in [1.29, 1.82) is 5.26 Å². The van der Waals surface area contributed by atoms with Gasteiger partial charge in [-0.15, -0.1) is 11.8 Å². The van der Waals surface area contributed by atoms with Gasteiger partial charge in [-0.25, -0.2) is 5.43 Å². The van der Waals surface area contributed by atoms with Crippen LogP contribution in [0.4, 0.5) is 0 Å². The van der Waals surface area contributed by atoms with Gasteiger partial charge in [0.1, 0.15) is 22.5 Å². The van der Waals surface area contributed by atoms with Gasteiger partial charge in [0, 0.05) is 7.05 Å². The number of nitrogens with one attached hydrogen (secondary N) is 2. The Balaban J connectivity index is 5.31. The van der Waals surface area contributed by atoms with E-state index in [0.29, 0.717) is 10.6 Å². The van der Waals surface area contributed by atoms with Gasteiger partial charge >= 0.3 is 0 Å². The highest BCUT2D eigenvalue weighted by atomic mass is 32.2. The summed E-state index contributed by atoms with van der Waals surface area (Å²) in [5, 5.41) is 9.71. The number of hydrogen-bond acceptors (Lipinski definition) is 6. The highest BCUT2D eigenvalue weighted by Crippen LogP contribution is 2.16. The van der Waals surface area contributed by atoms with E-state index < -0.39 is 0 Å². The van der Waals surface area contributed by atoms with E-state index in [1.807, 2.05) is 27.0 Å². The van der Waals surface area contributed by atoms with Gasteiger partial charge < -0.3 is 11.2 Å². The number of rotatable bonds is 3. The predicted molar refractivity (Wildman–Crippen MR) is 69.7 cm³/mol. The lowest BCUT2D eigenvalue weighted by molar-refractivity contribution is 0.585. The van der Waals surface area contributed by atoms with Gasteiger partial charge in [0.25, 0.3) is 0 Å². The molecule has 0 aliphatic heterocycles. The summed E-state index contributed by atoms with van der Waals surface area (Å²) in [4.78, 5) is 4.45. The van der Waals surface area contributed by atoms with Gasteiger partial charge in [-0.05, 0) is 27.0 Å². The molecular weight excluding hydrogens is 222 g/mol. The molecule has 0 heterocycles. The summed E-state index contributed by atoms with van der Waals surface area (Å²) < 4.78 is 0. The van der Waals surface area contributed by atoms with E-state index in [9.17, 15) is 0 Å². The zero-order valence-corrected chi connectivity index (χ0v) is 11.2. The van der Waals surface area contributed by atoms with E-state index in [4.69, 9.17) is 11.0 Å². The third-order valence-corrected chi connectivity index (χ3v) is 2.17. The molecule has 0 bridgehead atoms. The van der Waals surface area contributed by atoms with Crippen LogP contribution in [0.15, 0.2) is 16.4 Å². The molecule has 0 amide bonds. The number of nitrogens with zero attached hydrogens (tertiary/aromatic N) is 2. The fourth-order valence-electron chi connectivity index (χ4n) is 0.929. The van der Waals surface area contributed by atoms with Gasteiger partial charge in [-0.2, -0.15) is 5.26 Å². The van der Waals surface area contributed by atoms with Crippen LogP contribution in [0.2, 0.25) is 0 Å². The zero-order chi connectivity index (χ0) is 12.8. The van der Waals surface area contributed by atoms with Crippen molar-refractivity contribution in [2.45, 2.75) is 26.3 Å². The highest BCUT2D eigenvalue weighted by molar-refractivity contribution is 8.13. The van der Waals surface area contributed by atoms with Crippen LogP contribution in [-0.4, -0.2) is 23.9 Å². The summed E-state index contributed by atoms with van der Waals surface area (Å²) in [5.74, 6) is 0.280. The fraction of sp³-hybridized carbons (Fsp3) is 0.600. The van der Waals surface area contributed by atoms with Gasteiger partial charge in [0.15, 0.2) is 0 Å². The van der Waals surface area contributed by atoms with Gasteiger partial charge in [0.2, 0.25) is 0 Å². The lowest BCUT2D eigenvalue weighted by atomic mass is 10.1. The van der Waals surface area contributed by atoms with Crippen molar-refractivity contribution in [2.24, 2.45) is 10.7 Å². The number of nitriles is 1. The number of aliphatic imine (C=N–C) groups is 1. The second kappa shape index (κ2) is 6.40. The van der Waals surface area contributed by atoms with Gasteiger partial charge in [-0.3, -0.25) is 4.99 Å². The Kier molecular flexibility index (Phi) is 5.93. The first-order valence-electron chi connectivity index (χ1n) is 4.82. The standard InChI is InChI=1S/C10H19N5S/c1-10(2,3)14-9(16-5)7(6-11)8(12)15-13-4/h13,15H,12H2,1-5H3/b8-7-,14-9+. The van der Waals surface area contributed by atoms with E-state index in [-0.39, 0.29) is 11.4 Å². The molecule has 5 nitrogen and oxygen atoms in total.